The summed E-state index contributed by atoms with van der Waals surface area (Å²) >= 11 is 5.73. The fraction of sp³-hybridized carbons (Fsp3) is 0.130. The van der Waals surface area contributed by atoms with Crippen molar-refractivity contribution in [2.24, 2.45) is 0 Å². The molecule has 0 atom stereocenters. The van der Waals surface area contributed by atoms with Gasteiger partial charge in [0.2, 0.25) is 0 Å². The first-order valence-electron chi connectivity index (χ1n) is 9.08. The molecule has 1 amide bonds. The minimum atomic E-state index is -0.903. The van der Waals surface area contributed by atoms with Gasteiger partial charge in [-0.25, -0.2) is 4.39 Å². The molecule has 0 aliphatic heterocycles. The zero-order valence-corrected chi connectivity index (χ0v) is 16.9. The Balaban J connectivity index is 1.83. The van der Waals surface area contributed by atoms with Crippen LogP contribution in [-0.4, -0.2) is 24.1 Å². The van der Waals surface area contributed by atoms with E-state index in [4.69, 9.17) is 21.4 Å². The van der Waals surface area contributed by atoms with Gasteiger partial charge in [-0.05, 0) is 47.0 Å². The van der Waals surface area contributed by atoms with Crippen LogP contribution in [0.3, 0.4) is 0 Å². The summed E-state index contributed by atoms with van der Waals surface area (Å²) in [5, 5.41) is 11.9. The number of benzene rings is 3. The third kappa shape index (κ3) is 5.15. The number of rotatable bonds is 7. The van der Waals surface area contributed by atoms with Gasteiger partial charge >= 0.3 is 5.97 Å². The lowest BCUT2D eigenvalue weighted by Gasteiger charge is -2.13. The minimum absolute atomic E-state index is 0.0699. The minimum Gasteiger partial charge on any atom is -0.496 e. The molecule has 0 aliphatic carbocycles. The number of halogens is 2. The second-order valence-electron chi connectivity index (χ2n) is 6.60. The highest BCUT2D eigenvalue weighted by atomic mass is 35.5. The Morgan fingerprint density at radius 3 is 2.53 bits per heavy atom. The average Bonchev–Trinajstić information content (AvgIpc) is 2.71. The number of carboxylic acids is 1. The summed E-state index contributed by atoms with van der Waals surface area (Å²) in [6.07, 6.45) is -0.0699. The van der Waals surface area contributed by atoms with Gasteiger partial charge < -0.3 is 15.2 Å². The number of carbonyl (C=O) groups excluding carboxylic acids is 1. The molecule has 0 aromatic heterocycles. The molecule has 7 heteroatoms. The van der Waals surface area contributed by atoms with Crippen LogP contribution in [0.5, 0.6) is 5.75 Å². The van der Waals surface area contributed by atoms with Gasteiger partial charge in [-0.1, -0.05) is 41.9 Å². The number of aliphatic carboxylic acids is 1. The molecule has 0 aliphatic rings. The van der Waals surface area contributed by atoms with Crippen LogP contribution >= 0.6 is 11.6 Å². The van der Waals surface area contributed by atoms with Gasteiger partial charge in [0.05, 0.1) is 19.1 Å². The van der Waals surface area contributed by atoms with E-state index in [1.54, 1.807) is 24.3 Å². The summed E-state index contributed by atoms with van der Waals surface area (Å²) in [5.74, 6) is -1.60. The second kappa shape index (κ2) is 9.41. The molecule has 0 unspecified atom stereocenters. The second-order valence-corrected chi connectivity index (χ2v) is 7.04. The van der Waals surface area contributed by atoms with Crippen LogP contribution in [0.4, 0.5) is 4.39 Å². The number of hydrogen-bond donors (Lipinski definition) is 2. The number of carbonyl (C=O) groups is 2. The third-order valence-electron chi connectivity index (χ3n) is 4.51. The van der Waals surface area contributed by atoms with Crippen molar-refractivity contribution in [1.29, 1.82) is 0 Å². The van der Waals surface area contributed by atoms with E-state index in [1.165, 1.54) is 19.2 Å². The van der Waals surface area contributed by atoms with Crippen LogP contribution in [0.1, 0.15) is 21.5 Å². The van der Waals surface area contributed by atoms with Gasteiger partial charge in [0.1, 0.15) is 11.6 Å². The van der Waals surface area contributed by atoms with Gasteiger partial charge in [0.25, 0.3) is 5.91 Å². The van der Waals surface area contributed by atoms with Crippen molar-refractivity contribution >= 4 is 23.5 Å². The molecule has 0 spiro atoms. The van der Waals surface area contributed by atoms with Crippen LogP contribution in [0.25, 0.3) is 11.1 Å². The maximum atomic E-state index is 14.0. The van der Waals surface area contributed by atoms with E-state index in [2.05, 4.69) is 5.32 Å². The number of nitrogens with one attached hydrogen (secondary N) is 1. The van der Waals surface area contributed by atoms with Crippen molar-refractivity contribution in [3.05, 3.63) is 88.2 Å². The Hall–Kier alpha value is -3.38. The van der Waals surface area contributed by atoms with Crippen LogP contribution < -0.4 is 10.1 Å². The lowest BCUT2D eigenvalue weighted by atomic mass is 9.99. The lowest BCUT2D eigenvalue weighted by molar-refractivity contribution is -0.136. The zero-order chi connectivity index (χ0) is 21.7. The summed E-state index contributed by atoms with van der Waals surface area (Å²) in [5.41, 5.74) is 2.96. The molecule has 0 heterocycles. The first-order chi connectivity index (χ1) is 14.4. The van der Waals surface area contributed by atoms with Crippen LogP contribution in [0.2, 0.25) is 5.02 Å². The Morgan fingerprint density at radius 1 is 1.07 bits per heavy atom. The van der Waals surface area contributed by atoms with E-state index in [-0.39, 0.29) is 23.6 Å². The molecule has 3 rings (SSSR count). The average molecular weight is 428 g/mol. The standard InChI is InChI=1S/C23H19ClFNO4/c1-30-21-8-5-16(15-4-2-3-14(9-15)10-22(27)28)11-17(21)13-26-23(29)19-7-6-18(24)12-20(19)25/h2-9,11-12H,10,13H2,1H3,(H,26,29)(H,27,28). The molecule has 3 aromatic carbocycles. The molecular weight excluding hydrogens is 409 g/mol. The fourth-order valence-electron chi connectivity index (χ4n) is 3.08. The summed E-state index contributed by atoms with van der Waals surface area (Å²) in [7, 11) is 1.52. The maximum Gasteiger partial charge on any atom is 0.307 e. The van der Waals surface area contributed by atoms with E-state index in [9.17, 15) is 14.0 Å². The van der Waals surface area contributed by atoms with E-state index >= 15 is 0 Å². The van der Waals surface area contributed by atoms with Gasteiger partial charge in [-0.3, -0.25) is 9.59 Å². The Labute approximate surface area is 178 Å². The molecule has 0 saturated heterocycles. The number of hydrogen-bond acceptors (Lipinski definition) is 3. The monoisotopic (exact) mass is 427 g/mol. The first-order valence-corrected chi connectivity index (χ1v) is 9.46. The Morgan fingerprint density at radius 2 is 1.83 bits per heavy atom. The molecule has 3 aromatic rings. The Bertz CT molecular complexity index is 1100. The van der Waals surface area contributed by atoms with Gasteiger partial charge in [-0.2, -0.15) is 0 Å². The normalized spacial score (nSPS) is 10.5. The predicted octanol–water partition coefficient (Wildman–Crippen LogP) is 4.71. The largest absolute Gasteiger partial charge is 0.496 e. The van der Waals surface area contributed by atoms with Crippen molar-refractivity contribution in [2.75, 3.05) is 7.11 Å². The quantitative estimate of drug-likeness (QED) is 0.572. The fourth-order valence-corrected chi connectivity index (χ4v) is 3.23. The highest BCUT2D eigenvalue weighted by Gasteiger charge is 2.14. The van der Waals surface area contributed by atoms with Gasteiger partial charge in [0.15, 0.2) is 0 Å². The summed E-state index contributed by atoms with van der Waals surface area (Å²) < 4.78 is 19.3. The van der Waals surface area contributed by atoms with Crippen LogP contribution in [0.15, 0.2) is 60.7 Å². The molecule has 0 radical (unpaired) electrons. The first kappa shape index (κ1) is 21.3. The van der Waals surface area contributed by atoms with Crippen molar-refractivity contribution in [3.63, 3.8) is 0 Å². The SMILES string of the molecule is COc1ccc(-c2cccc(CC(=O)O)c2)cc1CNC(=O)c1ccc(Cl)cc1F. The maximum absolute atomic E-state index is 14.0. The van der Waals surface area contributed by atoms with Crippen molar-refractivity contribution in [1.82, 2.24) is 5.32 Å². The molecule has 0 bridgehead atoms. The smallest absolute Gasteiger partial charge is 0.307 e. The van der Waals surface area contributed by atoms with E-state index in [1.807, 2.05) is 18.2 Å². The van der Waals surface area contributed by atoms with Crippen LogP contribution in [-0.2, 0) is 17.8 Å². The highest BCUT2D eigenvalue weighted by Crippen LogP contribution is 2.27. The molecule has 154 valence electrons. The summed E-state index contributed by atoms with van der Waals surface area (Å²) in [4.78, 5) is 23.3. The molecule has 5 nitrogen and oxygen atoms in total. The number of methoxy groups -OCH3 is 1. The third-order valence-corrected chi connectivity index (χ3v) is 4.75. The number of ether oxygens (including phenoxy) is 1. The number of carboxylic acid groups (broad SMARTS) is 1. The summed E-state index contributed by atoms with van der Waals surface area (Å²) in [6.45, 7) is 0.118. The topological polar surface area (TPSA) is 75.6 Å². The Kier molecular flexibility index (Phi) is 6.69. The molecular formula is C23H19ClFNO4. The van der Waals surface area contributed by atoms with Crippen molar-refractivity contribution in [3.8, 4) is 16.9 Å². The molecule has 2 N–H and O–H groups in total. The lowest BCUT2D eigenvalue weighted by Crippen LogP contribution is -2.24. The predicted molar refractivity (Wildman–Crippen MR) is 112 cm³/mol. The van der Waals surface area contributed by atoms with E-state index < -0.39 is 17.7 Å². The van der Waals surface area contributed by atoms with E-state index in [0.717, 1.165) is 17.2 Å². The molecule has 30 heavy (non-hydrogen) atoms. The zero-order valence-electron chi connectivity index (χ0n) is 16.1. The molecule has 0 saturated carbocycles. The van der Waals surface area contributed by atoms with Crippen molar-refractivity contribution in [2.45, 2.75) is 13.0 Å². The van der Waals surface area contributed by atoms with Crippen LogP contribution in [0, 0.1) is 5.82 Å². The van der Waals surface area contributed by atoms with Crippen molar-refractivity contribution < 1.29 is 23.8 Å². The van der Waals surface area contributed by atoms with Gasteiger partial charge in [0, 0.05) is 17.1 Å². The molecule has 0 fully saturated rings. The van der Waals surface area contributed by atoms with Gasteiger partial charge in [-0.15, -0.1) is 0 Å². The summed E-state index contributed by atoms with van der Waals surface area (Å²) in [6, 6.07) is 16.6. The number of amides is 1. The highest BCUT2D eigenvalue weighted by molar-refractivity contribution is 6.30. The van der Waals surface area contributed by atoms with E-state index in [0.29, 0.717) is 16.9 Å².